The van der Waals surface area contributed by atoms with E-state index < -0.39 is 0 Å². The molecule has 0 aromatic carbocycles. The smallest absolute Gasteiger partial charge is 0.306 e. The Labute approximate surface area is 150 Å². The highest BCUT2D eigenvalue weighted by Crippen LogP contribution is 2.69. The standard InChI is InChI=1S/C22H30O3/c1-20-9-5-15(23)13-14(20)3-4-16-17(20)6-10-21(2)18(16)7-11-22(21)12-8-19(24)25-22/h3,16-18H,4-13H2,1-2H3/t16?,17?,18?,20?,21?,22-/m1/s1. The van der Waals surface area contributed by atoms with Gasteiger partial charge in [-0.15, -0.1) is 0 Å². The minimum Gasteiger partial charge on any atom is -0.458 e. The van der Waals surface area contributed by atoms with Gasteiger partial charge in [0.2, 0.25) is 0 Å². The van der Waals surface area contributed by atoms with Gasteiger partial charge in [-0.05, 0) is 68.1 Å². The van der Waals surface area contributed by atoms with Crippen LogP contribution in [0.2, 0.25) is 0 Å². The Kier molecular flexibility index (Phi) is 3.21. The Morgan fingerprint density at radius 3 is 2.56 bits per heavy atom. The lowest BCUT2D eigenvalue weighted by Crippen LogP contribution is -2.54. The van der Waals surface area contributed by atoms with Crippen LogP contribution in [0.25, 0.3) is 0 Å². The summed E-state index contributed by atoms with van der Waals surface area (Å²) < 4.78 is 6.01. The molecule has 1 spiro atoms. The average Bonchev–Trinajstić information content (AvgIpc) is 3.10. The highest BCUT2D eigenvalue weighted by atomic mass is 16.6. The van der Waals surface area contributed by atoms with Gasteiger partial charge in [-0.1, -0.05) is 25.5 Å². The van der Waals surface area contributed by atoms with Crippen LogP contribution in [0.4, 0.5) is 0 Å². The number of Topliss-reactive ketones (excluding diaryl/α,β-unsaturated/α-hetero) is 1. The van der Waals surface area contributed by atoms with E-state index in [2.05, 4.69) is 19.9 Å². The van der Waals surface area contributed by atoms with E-state index in [0.29, 0.717) is 36.4 Å². The summed E-state index contributed by atoms with van der Waals surface area (Å²) in [5.74, 6) is 2.54. The summed E-state index contributed by atoms with van der Waals surface area (Å²) in [6.07, 6.45) is 12.3. The molecule has 0 amide bonds. The van der Waals surface area contributed by atoms with Gasteiger partial charge in [0, 0.05) is 24.7 Å². The molecule has 0 bridgehead atoms. The normalized spacial score (nSPS) is 51.6. The molecular formula is C22H30O3. The maximum Gasteiger partial charge on any atom is 0.306 e. The van der Waals surface area contributed by atoms with Crippen molar-refractivity contribution >= 4 is 11.8 Å². The molecule has 0 N–H and O–H groups in total. The van der Waals surface area contributed by atoms with Crippen LogP contribution in [0.15, 0.2) is 11.6 Å². The van der Waals surface area contributed by atoms with Crippen molar-refractivity contribution < 1.29 is 14.3 Å². The van der Waals surface area contributed by atoms with Crippen molar-refractivity contribution in [3.05, 3.63) is 11.6 Å². The van der Waals surface area contributed by atoms with E-state index in [1.807, 2.05) is 0 Å². The molecule has 3 heteroatoms. The van der Waals surface area contributed by atoms with E-state index in [1.54, 1.807) is 0 Å². The van der Waals surface area contributed by atoms with Crippen LogP contribution >= 0.6 is 0 Å². The van der Waals surface area contributed by atoms with Crippen molar-refractivity contribution in [2.45, 2.75) is 83.7 Å². The highest BCUT2D eigenvalue weighted by Gasteiger charge is 2.66. The lowest BCUT2D eigenvalue weighted by molar-refractivity contribution is -0.167. The molecule has 0 aromatic rings. The van der Waals surface area contributed by atoms with Crippen LogP contribution in [0.5, 0.6) is 0 Å². The van der Waals surface area contributed by atoms with E-state index >= 15 is 0 Å². The fourth-order valence-electron chi connectivity index (χ4n) is 7.77. The van der Waals surface area contributed by atoms with Gasteiger partial charge in [-0.3, -0.25) is 9.59 Å². The molecule has 5 aliphatic rings. The lowest BCUT2D eigenvalue weighted by atomic mass is 9.47. The molecule has 4 aliphatic carbocycles. The molecule has 0 radical (unpaired) electrons. The first-order valence-electron chi connectivity index (χ1n) is 10.3. The minimum atomic E-state index is -0.173. The summed E-state index contributed by atoms with van der Waals surface area (Å²) in [5.41, 5.74) is 1.66. The minimum absolute atomic E-state index is 0.0209. The third-order valence-electron chi connectivity index (χ3n) is 9.27. The number of carbonyl (C=O) groups excluding carboxylic acids is 2. The summed E-state index contributed by atoms with van der Waals surface area (Å²) >= 11 is 0. The monoisotopic (exact) mass is 342 g/mol. The second kappa shape index (κ2) is 4.98. The number of esters is 1. The van der Waals surface area contributed by atoms with Gasteiger partial charge in [-0.2, -0.15) is 0 Å². The first kappa shape index (κ1) is 16.1. The summed E-state index contributed by atoms with van der Waals surface area (Å²) in [6.45, 7) is 4.86. The molecule has 3 saturated carbocycles. The Hall–Kier alpha value is -1.12. The molecule has 25 heavy (non-hydrogen) atoms. The molecule has 136 valence electrons. The van der Waals surface area contributed by atoms with E-state index in [-0.39, 0.29) is 22.4 Å². The molecule has 4 fully saturated rings. The molecule has 1 heterocycles. The predicted molar refractivity (Wildman–Crippen MR) is 94.8 cm³/mol. The SMILES string of the molecule is CC12CCC(=O)CC1=CCC1C2CCC2(C)C1CC[C@@]21CCC(=O)O1. The van der Waals surface area contributed by atoms with Crippen molar-refractivity contribution in [3.8, 4) is 0 Å². The summed E-state index contributed by atoms with van der Waals surface area (Å²) in [4.78, 5) is 23.9. The summed E-state index contributed by atoms with van der Waals surface area (Å²) in [7, 11) is 0. The number of hydrogen-bond donors (Lipinski definition) is 0. The van der Waals surface area contributed by atoms with Crippen LogP contribution in [-0.2, 0) is 14.3 Å². The summed E-state index contributed by atoms with van der Waals surface area (Å²) in [6, 6.07) is 0. The predicted octanol–water partition coefficient (Wildman–Crippen LogP) is 4.59. The van der Waals surface area contributed by atoms with Gasteiger partial charge >= 0.3 is 5.97 Å². The fraction of sp³-hybridized carbons (Fsp3) is 0.818. The quantitative estimate of drug-likeness (QED) is 0.477. The molecule has 1 aliphatic heterocycles. The number of ether oxygens (including phenoxy) is 1. The zero-order valence-corrected chi connectivity index (χ0v) is 15.6. The van der Waals surface area contributed by atoms with Crippen molar-refractivity contribution in [1.82, 2.24) is 0 Å². The molecule has 5 rings (SSSR count). The Balaban J connectivity index is 1.50. The first-order chi connectivity index (χ1) is 11.9. The van der Waals surface area contributed by atoms with E-state index in [4.69, 9.17) is 4.74 Å². The zero-order chi connectivity index (χ0) is 17.4. The van der Waals surface area contributed by atoms with Crippen molar-refractivity contribution in [3.63, 3.8) is 0 Å². The van der Waals surface area contributed by atoms with Crippen LogP contribution in [0.1, 0.15) is 78.1 Å². The largest absolute Gasteiger partial charge is 0.458 e. The van der Waals surface area contributed by atoms with Crippen molar-refractivity contribution in [2.24, 2.45) is 28.6 Å². The molecule has 3 nitrogen and oxygen atoms in total. The van der Waals surface area contributed by atoms with Crippen molar-refractivity contribution in [2.75, 3.05) is 0 Å². The van der Waals surface area contributed by atoms with Gasteiger partial charge < -0.3 is 4.74 Å². The van der Waals surface area contributed by atoms with Crippen LogP contribution < -0.4 is 0 Å². The molecule has 0 aromatic heterocycles. The number of fused-ring (bicyclic) bond motifs is 6. The van der Waals surface area contributed by atoms with Gasteiger partial charge in [0.15, 0.2) is 0 Å². The van der Waals surface area contributed by atoms with E-state index in [0.717, 1.165) is 32.1 Å². The number of ketones is 1. The Morgan fingerprint density at radius 2 is 1.80 bits per heavy atom. The third-order valence-corrected chi connectivity index (χ3v) is 9.27. The molecule has 1 saturated heterocycles. The third kappa shape index (κ3) is 1.93. The fourth-order valence-corrected chi connectivity index (χ4v) is 7.77. The number of hydrogen-bond acceptors (Lipinski definition) is 3. The van der Waals surface area contributed by atoms with Gasteiger partial charge in [0.05, 0.1) is 0 Å². The Bertz CT molecular complexity index is 679. The maximum absolute atomic E-state index is 12.0. The van der Waals surface area contributed by atoms with Gasteiger partial charge in [-0.25, -0.2) is 0 Å². The topological polar surface area (TPSA) is 43.4 Å². The zero-order valence-electron chi connectivity index (χ0n) is 15.6. The number of carbonyl (C=O) groups is 2. The van der Waals surface area contributed by atoms with Gasteiger partial charge in [0.1, 0.15) is 11.4 Å². The molecular weight excluding hydrogens is 312 g/mol. The van der Waals surface area contributed by atoms with Crippen LogP contribution in [0.3, 0.4) is 0 Å². The second-order valence-electron chi connectivity index (χ2n) is 9.94. The number of allylic oxidation sites excluding steroid dienone is 2. The second-order valence-corrected chi connectivity index (χ2v) is 9.94. The van der Waals surface area contributed by atoms with Crippen LogP contribution in [-0.4, -0.2) is 17.4 Å². The van der Waals surface area contributed by atoms with Crippen molar-refractivity contribution in [1.29, 1.82) is 0 Å². The van der Waals surface area contributed by atoms with Crippen LogP contribution in [0, 0.1) is 28.6 Å². The summed E-state index contributed by atoms with van der Waals surface area (Å²) in [5, 5.41) is 0. The molecule has 5 unspecified atom stereocenters. The Morgan fingerprint density at radius 1 is 1.00 bits per heavy atom. The maximum atomic E-state index is 12.0. The van der Waals surface area contributed by atoms with Gasteiger partial charge in [0.25, 0.3) is 0 Å². The first-order valence-corrected chi connectivity index (χ1v) is 10.3. The lowest BCUT2D eigenvalue weighted by Gasteiger charge is -2.58. The number of rotatable bonds is 0. The van der Waals surface area contributed by atoms with E-state index in [9.17, 15) is 9.59 Å². The highest BCUT2D eigenvalue weighted by molar-refractivity contribution is 5.82. The molecule has 6 atom stereocenters. The van der Waals surface area contributed by atoms with E-state index in [1.165, 1.54) is 24.8 Å². The average molecular weight is 342 g/mol.